The number of azo groups is 1. The van der Waals surface area contributed by atoms with E-state index in [9.17, 15) is 4.39 Å². The van der Waals surface area contributed by atoms with Crippen LogP contribution in [0.5, 0.6) is 0 Å². The molecule has 4 nitrogen and oxygen atoms in total. The Morgan fingerprint density at radius 2 is 1.71 bits per heavy atom. The number of aryl methyl sites for hydroxylation is 3. The van der Waals surface area contributed by atoms with Gasteiger partial charge < -0.3 is 0 Å². The smallest absolute Gasteiger partial charge is 0.182 e. The number of imidazole rings is 1. The lowest BCUT2D eigenvalue weighted by molar-refractivity contribution is 0.619. The largest absolute Gasteiger partial charge is 0.280 e. The van der Waals surface area contributed by atoms with Crippen molar-refractivity contribution in [1.82, 2.24) is 9.38 Å². The zero-order valence-corrected chi connectivity index (χ0v) is 12.1. The molecular weight excluding hydrogens is 267 g/mol. The number of aromatic nitrogens is 2. The van der Waals surface area contributed by atoms with Crippen molar-refractivity contribution in [3.63, 3.8) is 0 Å². The van der Waals surface area contributed by atoms with Gasteiger partial charge in [-0.05, 0) is 44.0 Å². The highest BCUT2D eigenvalue weighted by atomic mass is 19.1. The Kier molecular flexibility index (Phi) is 3.25. The first-order chi connectivity index (χ1) is 10.1. The van der Waals surface area contributed by atoms with Gasteiger partial charge in [-0.3, -0.25) is 4.40 Å². The van der Waals surface area contributed by atoms with Gasteiger partial charge >= 0.3 is 0 Å². The number of halogens is 1. The van der Waals surface area contributed by atoms with Crippen molar-refractivity contribution in [2.24, 2.45) is 10.2 Å². The third-order valence-electron chi connectivity index (χ3n) is 3.41. The van der Waals surface area contributed by atoms with Crippen molar-refractivity contribution >= 4 is 17.2 Å². The Morgan fingerprint density at radius 1 is 1.00 bits per heavy atom. The summed E-state index contributed by atoms with van der Waals surface area (Å²) in [5.74, 6) is 0.218. The summed E-state index contributed by atoms with van der Waals surface area (Å²) in [6, 6.07) is 8.97. The summed E-state index contributed by atoms with van der Waals surface area (Å²) in [5.41, 5.74) is 4.32. The van der Waals surface area contributed by atoms with Crippen LogP contribution in [0.1, 0.15) is 16.8 Å². The lowest BCUT2D eigenvalue weighted by Crippen LogP contribution is -1.85. The Morgan fingerprint density at radius 3 is 2.43 bits per heavy atom. The Bertz CT molecular complexity index is 829. The standard InChI is InChI=1S/C16H15FN4/c1-10-5-4-6-11(2)15(10)19-20-16-12(3)18-14-8-7-13(17)9-21(14)16/h4-9H,1-3H3. The van der Waals surface area contributed by atoms with Crippen LogP contribution in [-0.2, 0) is 0 Å². The maximum atomic E-state index is 13.4. The highest BCUT2D eigenvalue weighted by molar-refractivity contribution is 5.54. The van der Waals surface area contributed by atoms with Gasteiger partial charge in [0.25, 0.3) is 0 Å². The summed E-state index contributed by atoms with van der Waals surface area (Å²) in [5, 5.41) is 8.62. The Hall–Kier alpha value is -2.56. The fourth-order valence-corrected chi connectivity index (χ4v) is 2.31. The van der Waals surface area contributed by atoms with Gasteiger partial charge in [0.05, 0.1) is 11.4 Å². The monoisotopic (exact) mass is 282 g/mol. The molecule has 2 heterocycles. The Labute approximate surface area is 122 Å². The van der Waals surface area contributed by atoms with Gasteiger partial charge in [0.2, 0.25) is 0 Å². The first-order valence-corrected chi connectivity index (χ1v) is 6.68. The van der Waals surface area contributed by atoms with Gasteiger partial charge in [0.15, 0.2) is 5.82 Å². The number of benzene rings is 1. The van der Waals surface area contributed by atoms with Gasteiger partial charge in [-0.1, -0.05) is 18.2 Å². The van der Waals surface area contributed by atoms with Gasteiger partial charge in [0.1, 0.15) is 11.5 Å². The van der Waals surface area contributed by atoms with Crippen LogP contribution in [0.2, 0.25) is 0 Å². The molecule has 3 rings (SSSR count). The quantitative estimate of drug-likeness (QED) is 0.622. The van der Waals surface area contributed by atoms with Crippen molar-refractivity contribution in [3.8, 4) is 0 Å². The molecule has 0 bridgehead atoms. The molecule has 21 heavy (non-hydrogen) atoms. The van der Waals surface area contributed by atoms with Crippen molar-refractivity contribution in [3.05, 3.63) is 59.2 Å². The summed E-state index contributed by atoms with van der Waals surface area (Å²) in [6.07, 6.45) is 1.37. The van der Waals surface area contributed by atoms with E-state index < -0.39 is 0 Å². The van der Waals surface area contributed by atoms with Crippen LogP contribution < -0.4 is 0 Å². The highest BCUT2D eigenvalue weighted by Gasteiger charge is 2.09. The maximum absolute atomic E-state index is 13.4. The van der Waals surface area contributed by atoms with E-state index in [1.165, 1.54) is 12.3 Å². The average Bonchev–Trinajstić information content (AvgIpc) is 2.74. The molecule has 0 amide bonds. The minimum atomic E-state index is -0.330. The topological polar surface area (TPSA) is 42.0 Å². The molecule has 106 valence electrons. The van der Waals surface area contributed by atoms with E-state index in [0.29, 0.717) is 11.5 Å². The van der Waals surface area contributed by atoms with Crippen LogP contribution in [0.4, 0.5) is 15.9 Å². The third kappa shape index (κ3) is 2.42. The van der Waals surface area contributed by atoms with Gasteiger partial charge in [-0.2, -0.15) is 0 Å². The van der Waals surface area contributed by atoms with E-state index >= 15 is 0 Å². The molecule has 0 aliphatic rings. The second kappa shape index (κ2) is 5.09. The third-order valence-corrected chi connectivity index (χ3v) is 3.41. The summed E-state index contributed by atoms with van der Waals surface area (Å²) in [7, 11) is 0. The number of rotatable bonds is 2. The number of hydrogen-bond acceptors (Lipinski definition) is 3. The molecule has 0 spiro atoms. The molecule has 0 aliphatic carbocycles. The molecular formula is C16H15FN4. The van der Waals surface area contributed by atoms with E-state index in [-0.39, 0.29) is 5.82 Å². The molecule has 0 saturated heterocycles. The van der Waals surface area contributed by atoms with E-state index in [4.69, 9.17) is 0 Å². The van der Waals surface area contributed by atoms with Crippen LogP contribution in [-0.4, -0.2) is 9.38 Å². The minimum absolute atomic E-state index is 0.330. The highest BCUT2D eigenvalue weighted by Crippen LogP contribution is 2.27. The molecule has 0 N–H and O–H groups in total. The van der Waals surface area contributed by atoms with Gasteiger partial charge in [-0.15, -0.1) is 10.2 Å². The van der Waals surface area contributed by atoms with E-state index in [0.717, 1.165) is 22.5 Å². The number of pyridine rings is 1. The zero-order valence-electron chi connectivity index (χ0n) is 12.1. The van der Waals surface area contributed by atoms with E-state index in [2.05, 4.69) is 15.2 Å². The number of nitrogens with zero attached hydrogens (tertiary/aromatic N) is 4. The summed E-state index contributed by atoms with van der Waals surface area (Å²) in [6.45, 7) is 5.81. The van der Waals surface area contributed by atoms with Crippen molar-refractivity contribution < 1.29 is 4.39 Å². The molecule has 0 fully saturated rings. The molecule has 0 atom stereocenters. The molecule has 0 saturated carbocycles. The summed E-state index contributed by atoms with van der Waals surface area (Å²) < 4.78 is 15.0. The lowest BCUT2D eigenvalue weighted by atomic mass is 10.1. The summed E-state index contributed by atoms with van der Waals surface area (Å²) in [4.78, 5) is 4.35. The molecule has 0 radical (unpaired) electrons. The first kappa shape index (κ1) is 13.4. The maximum Gasteiger partial charge on any atom is 0.182 e. The second-order valence-corrected chi connectivity index (χ2v) is 5.04. The van der Waals surface area contributed by atoms with Crippen LogP contribution >= 0.6 is 0 Å². The molecule has 1 aromatic carbocycles. The SMILES string of the molecule is Cc1cccc(C)c1N=Nc1c(C)nc2ccc(F)cn12. The minimum Gasteiger partial charge on any atom is -0.280 e. The van der Waals surface area contributed by atoms with E-state index in [1.54, 1.807) is 10.5 Å². The van der Waals surface area contributed by atoms with Crippen LogP contribution in [0.15, 0.2) is 46.8 Å². The normalized spacial score (nSPS) is 11.6. The van der Waals surface area contributed by atoms with Gasteiger partial charge in [-0.25, -0.2) is 9.37 Å². The predicted molar refractivity (Wildman–Crippen MR) is 80.0 cm³/mol. The van der Waals surface area contributed by atoms with Crippen molar-refractivity contribution in [2.45, 2.75) is 20.8 Å². The van der Waals surface area contributed by atoms with Crippen LogP contribution in [0.25, 0.3) is 5.65 Å². The zero-order chi connectivity index (χ0) is 15.0. The van der Waals surface area contributed by atoms with Crippen LogP contribution in [0, 0.1) is 26.6 Å². The van der Waals surface area contributed by atoms with E-state index in [1.807, 2.05) is 39.0 Å². The number of hydrogen-bond donors (Lipinski definition) is 0. The second-order valence-electron chi connectivity index (χ2n) is 5.04. The molecule has 0 unspecified atom stereocenters. The molecule has 5 heteroatoms. The van der Waals surface area contributed by atoms with Crippen molar-refractivity contribution in [1.29, 1.82) is 0 Å². The fraction of sp³-hybridized carbons (Fsp3) is 0.188. The van der Waals surface area contributed by atoms with Gasteiger partial charge in [0, 0.05) is 6.20 Å². The average molecular weight is 282 g/mol. The summed E-state index contributed by atoms with van der Waals surface area (Å²) >= 11 is 0. The Balaban J connectivity index is 2.11. The predicted octanol–water partition coefficient (Wildman–Crippen LogP) is 4.81. The molecule has 2 aromatic heterocycles. The first-order valence-electron chi connectivity index (χ1n) is 6.68. The fourth-order valence-electron chi connectivity index (χ4n) is 2.31. The lowest BCUT2D eigenvalue weighted by Gasteiger charge is -2.02. The molecule has 0 aliphatic heterocycles. The molecule has 3 aromatic rings. The van der Waals surface area contributed by atoms with Crippen molar-refractivity contribution in [2.75, 3.05) is 0 Å². The van der Waals surface area contributed by atoms with Crippen LogP contribution in [0.3, 0.4) is 0 Å². The number of fused-ring (bicyclic) bond motifs is 1.